The molecule has 0 saturated carbocycles. The van der Waals surface area contributed by atoms with Crippen molar-refractivity contribution in [3.05, 3.63) is 121 Å². The van der Waals surface area contributed by atoms with E-state index in [0.29, 0.717) is 0 Å². The van der Waals surface area contributed by atoms with Crippen molar-refractivity contribution in [1.82, 2.24) is 0 Å². The van der Waals surface area contributed by atoms with Gasteiger partial charge < -0.3 is 22.1 Å². The van der Waals surface area contributed by atoms with Gasteiger partial charge in [0.05, 0.1) is 0 Å². The van der Waals surface area contributed by atoms with Crippen molar-refractivity contribution in [1.29, 1.82) is 0 Å². The molecule has 4 aromatic carbocycles. The summed E-state index contributed by atoms with van der Waals surface area (Å²) < 4.78 is 10.0. The van der Waals surface area contributed by atoms with E-state index in [1.807, 2.05) is 121 Å². The zero-order valence-corrected chi connectivity index (χ0v) is 18.9. The topological polar surface area (TPSA) is 101 Å². The Morgan fingerprint density at radius 3 is 1.12 bits per heavy atom. The zero-order valence-electron chi connectivity index (χ0n) is 18.0. The molecule has 0 aliphatic carbocycles. The van der Waals surface area contributed by atoms with Gasteiger partial charge >= 0.3 is 7.56 Å². The minimum atomic E-state index is -2.79. The number of rotatable bonds is 6. The normalized spacial score (nSPS) is 12.2. The first kappa shape index (κ1) is 22.1. The first-order valence-corrected chi connectivity index (χ1v) is 12.2. The number of nitrogens with two attached hydrogens (primary N) is 2. The Labute approximate surface area is 194 Å². The van der Waals surface area contributed by atoms with Crippen molar-refractivity contribution < 1.29 is 0 Å². The first-order chi connectivity index (χ1) is 16.2. The van der Waals surface area contributed by atoms with Crippen molar-refractivity contribution in [3.63, 3.8) is 0 Å². The molecule has 0 radical (unpaired) electrons. The summed E-state index contributed by atoms with van der Waals surface area (Å²) in [5, 5.41) is 8.24. The average Bonchev–Trinajstić information content (AvgIpc) is 2.86. The molecule has 4 aromatic rings. The number of guanidine groups is 2. The van der Waals surface area contributed by atoms with Gasteiger partial charge in [-0.3, -0.25) is 0 Å². The van der Waals surface area contributed by atoms with E-state index in [2.05, 4.69) is 10.6 Å². The van der Waals surface area contributed by atoms with Gasteiger partial charge in [-0.2, -0.15) is 0 Å². The Hall–Kier alpha value is -4.15. The van der Waals surface area contributed by atoms with Crippen LogP contribution in [0.25, 0.3) is 0 Å². The van der Waals surface area contributed by atoms with Crippen LogP contribution in [0.5, 0.6) is 0 Å². The summed E-state index contributed by atoms with van der Waals surface area (Å²) >= 11 is 0. The molecule has 6 N–H and O–H groups in total. The molecule has 0 aromatic heterocycles. The van der Waals surface area contributed by atoms with E-state index in [0.717, 1.165) is 22.0 Å². The quantitative estimate of drug-likeness (QED) is 0.198. The fourth-order valence-electron chi connectivity index (χ4n) is 3.37. The van der Waals surface area contributed by atoms with Crippen LogP contribution in [0.2, 0.25) is 0 Å². The monoisotopic (exact) mass is 453 g/mol. The number of nitrogens with zero attached hydrogens (tertiary/aromatic N) is 2. The molecule has 0 heterocycles. The maximum Gasteiger partial charge on any atom is 0.322 e. The lowest BCUT2D eigenvalue weighted by molar-refractivity contribution is 1.49. The Kier molecular flexibility index (Phi) is 6.98. The third-order valence-corrected chi connectivity index (χ3v) is 7.88. The van der Waals surface area contributed by atoms with Crippen molar-refractivity contribution in [2.45, 2.75) is 0 Å². The number of hydrogen-bond acceptors (Lipinski definition) is 2. The van der Waals surface area contributed by atoms with Crippen LogP contribution in [0.1, 0.15) is 0 Å². The van der Waals surface area contributed by atoms with Crippen molar-refractivity contribution in [3.8, 4) is 0 Å². The van der Waals surface area contributed by atoms with Crippen molar-refractivity contribution in [2.24, 2.45) is 21.0 Å². The molecule has 0 bridgehead atoms. The number of benzene rings is 4. The Balaban J connectivity index is 1.85. The van der Waals surface area contributed by atoms with E-state index < -0.39 is 7.56 Å². The molecular weight excluding hydrogens is 427 g/mol. The van der Waals surface area contributed by atoms with Crippen molar-refractivity contribution >= 4 is 41.5 Å². The second-order valence-electron chi connectivity index (χ2n) is 7.22. The highest BCUT2D eigenvalue weighted by Gasteiger charge is 2.46. The maximum atomic E-state index is 6.43. The smallest absolute Gasteiger partial charge is 0.322 e. The van der Waals surface area contributed by atoms with Crippen LogP contribution in [0.15, 0.2) is 131 Å². The molecule has 0 aliphatic heterocycles. The van der Waals surface area contributed by atoms with Gasteiger partial charge in [-0.25, -0.2) is 0 Å². The predicted molar refractivity (Wildman–Crippen MR) is 142 cm³/mol. The van der Waals surface area contributed by atoms with Gasteiger partial charge in [-0.15, -0.1) is 0 Å². The Morgan fingerprint density at radius 2 is 0.788 bits per heavy atom. The van der Waals surface area contributed by atoms with Crippen LogP contribution in [-0.2, 0) is 0 Å². The van der Waals surface area contributed by atoms with Gasteiger partial charge in [0, 0.05) is 11.4 Å². The standard InChI is InChI=1S/C26H26N6P/c27-25(29-21-13-5-1-6-14-21)31-33(23-17-9-3-10-18-23,24-19-11-4-12-20-24)32-26(28)30-22-15-7-2-8-16-22/h1-20H,(H3,27,29,31)(H3,28,30,32)/q+1. The molecule has 33 heavy (non-hydrogen) atoms. The summed E-state index contributed by atoms with van der Waals surface area (Å²) in [6, 6.07) is 39.2. The summed E-state index contributed by atoms with van der Waals surface area (Å²) in [7, 11) is -2.79. The minimum absolute atomic E-state index is 0.263. The Morgan fingerprint density at radius 1 is 0.485 bits per heavy atom. The van der Waals surface area contributed by atoms with Gasteiger partial charge in [0.2, 0.25) is 11.9 Å². The highest BCUT2D eigenvalue weighted by Crippen LogP contribution is 2.59. The van der Waals surface area contributed by atoms with Gasteiger partial charge in [-0.1, -0.05) is 82.3 Å². The van der Waals surface area contributed by atoms with Crippen LogP contribution in [-0.4, -0.2) is 11.9 Å². The van der Waals surface area contributed by atoms with Gasteiger partial charge in [-0.05, 0) is 48.5 Å². The number of para-hydroxylation sites is 2. The van der Waals surface area contributed by atoms with Crippen LogP contribution in [0, 0.1) is 0 Å². The summed E-state index contributed by atoms with van der Waals surface area (Å²) in [5.41, 5.74) is 14.6. The largest absolute Gasteiger partial charge is 0.367 e. The van der Waals surface area contributed by atoms with E-state index in [1.165, 1.54) is 0 Å². The molecule has 0 amide bonds. The van der Waals surface area contributed by atoms with Gasteiger partial charge in [0.15, 0.2) is 0 Å². The van der Waals surface area contributed by atoms with Crippen LogP contribution in [0.4, 0.5) is 11.4 Å². The predicted octanol–water partition coefficient (Wildman–Crippen LogP) is 4.34. The lowest BCUT2D eigenvalue weighted by Crippen LogP contribution is -2.30. The lowest BCUT2D eigenvalue weighted by Gasteiger charge is -2.18. The molecule has 0 saturated heterocycles. The van der Waals surface area contributed by atoms with E-state index in [-0.39, 0.29) is 11.9 Å². The molecule has 0 fully saturated rings. The van der Waals surface area contributed by atoms with Gasteiger partial charge in [0.1, 0.15) is 10.6 Å². The second kappa shape index (κ2) is 10.4. The van der Waals surface area contributed by atoms with E-state index in [1.54, 1.807) is 0 Å². The first-order valence-electron chi connectivity index (χ1n) is 10.5. The molecule has 6 nitrogen and oxygen atoms in total. The zero-order chi connectivity index (χ0) is 22.9. The molecule has 0 unspecified atom stereocenters. The Bertz CT molecular complexity index is 1110. The lowest BCUT2D eigenvalue weighted by atomic mass is 10.3. The average molecular weight is 454 g/mol. The third-order valence-electron chi connectivity index (χ3n) is 4.83. The van der Waals surface area contributed by atoms with Crippen LogP contribution < -0.4 is 32.7 Å². The minimum Gasteiger partial charge on any atom is -0.367 e. The summed E-state index contributed by atoms with van der Waals surface area (Å²) in [5.74, 6) is 0.525. The molecule has 0 atom stereocenters. The van der Waals surface area contributed by atoms with Crippen LogP contribution >= 0.6 is 7.56 Å². The molecular formula is C26H26N6P+. The summed E-state index contributed by atoms with van der Waals surface area (Å²) in [6.45, 7) is 0. The number of anilines is 2. The molecule has 7 heteroatoms. The SMILES string of the molecule is N/C(=N\[P+](/N=C(\N)Nc1ccccc1)(c1ccccc1)c1ccccc1)Nc1ccccc1. The maximum absolute atomic E-state index is 6.43. The molecule has 164 valence electrons. The fourth-order valence-corrected chi connectivity index (χ4v) is 6.08. The van der Waals surface area contributed by atoms with E-state index in [4.69, 9.17) is 21.0 Å². The molecule has 0 spiro atoms. The summed E-state index contributed by atoms with van der Waals surface area (Å²) in [6.07, 6.45) is 0. The third kappa shape index (κ3) is 5.56. The molecule has 0 aliphatic rings. The fraction of sp³-hybridized carbons (Fsp3) is 0. The van der Waals surface area contributed by atoms with E-state index >= 15 is 0 Å². The molecule has 4 rings (SSSR count). The second-order valence-corrected chi connectivity index (χ2v) is 9.86. The number of hydrogen-bond donors (Lipinski definition) is 4. The highest BCUT2D eigenvalue weighted by molar-refractivity contribution is 7.87. The van der Waals surface area contributed by atoms with Crippen LogP contribution in [0.3, 0.4) is 0 Å². The van der Waals surface area contributed by atoms with Crippen molar-refractivity contribution in [2.75, 3.05) is 10.6 Å². The van der Waals surface area contributed by atoms with Gasteiger partial charge in [0.25, 0.3) is 0 Å². The summed E-state index contributed by atoms with van der Waals surface area (Å²) in [4.78, 5) is 0. The highest BCUT2D eigenvalue weighted by atomic mass is 31.2. The van der Waals surface area contributed by atoms with E-state index in [9.17, 15) is 0 Å². The number of nitrogens with one attached hydrogen (secondary N) is 2.